The van der Waals surface area contributed by atoms with E-state index in [0.717, 1.165) is 44.4 Å². The number of rotatable bonds is 2. The number of nitrogens with one attached hydrogen (secondary N) is 2. The summed E-state index contributed by atoms with van der Waals surface area (Å²) in [5.41, 5.74) is 5.22. The summed E-state index contributed by atoms with van der Waals surface area (Å²) in [6.07, 6.45) is 5.86. The molecule has 4 nitrogen and oxygen atoms in total. The minimum Gasteiger partial charge on any atom is -0.360 e. The van der Waals surface area contributed by atoms with E-state index in [1.54, 1.807) is 0 Å². The molecule has 2 heterocycles. The Morgan fingerprint density at radius 3 is 2.32 bits per heavy atom. The standard InChI is InChI=1S/C25H18N4.C4H7Br/c1-2-26-15-11-12-19-20(13-15)16-7-3-4-9-18(16)23-24(19)29-25(28-23)21-14-27-22-10-6-5-8-17(21)22;1-3-4(2)5/h2-14,27H,1H3,(H,28,29);3H,1-2H3/b;4-3+. The largest absolute Gasteiger partial charge is 0.360 e. The van der Waals surface area contributed by atoms with E-state index in [0.29, 0.717) is 0 Å². The van der Waals surface area contributed by atoms with Crippen LogP contribution in [0.1, 0.15) is 20.8 Å². The molecule has 0 radical (unpaired) electrons. The lowest BCUT2D eigenvalue weighted by atomic mass is 9.99. The zero-order valence-electron chi connectivity index (χ0n) is 19.4. The minimum absolute atomic E-state index is 0.880. The maximum absolute atomic E-state index is 5.04. The van der Waals surface area contributed by atoms with Crippen LogP contribution < -0.4 is 0 Å². The molecule has 0 bridgehead atoms. The van der Waals surface area contributed by atoms with Gasteiger partial charge in [-0.25, -0.2) is 4.98 Å². The molecule has 2 aromatic heterocycles. The Morgan fingerprint density at radius 2 is 1.59 bits per heavy atom. The van der Waals surface area contributed by atoms with Crippen molar-refractivity contribution in [2.75, 3.05) is 0 Å². The van der Waals surface area contributed by atoms with Gasteiger partial charge in [-0.15, -0.1) is 0 Å². The second kappa shape index (κ2) is 9.27. The summed E-state index contributed by atoms with van der Waals surface area (Å²) in [6, 6.07) is 23.1. The second-order valence-corrected chi connectivity index (χ2v) is 9.35. The molecule has 0 spiro atoms. The fourth-order valence-corrected chi connectivity index (χ4v) is 4.28. The molecule has 6 aromatic rings. The predicted octanol–water partition coefficient (Wildman–Crippen LogP) is 9.04. The van der Waals surface area contributed by atoms with Gasteiger partial charge in [0.1, 0.15) is 5.82 Å². The van der Waals surface area contributed by atoms with Gasteiger partial charge < -0.3 is 9.97 Å². The van der Waals surface area contributed by atoms with E-state index in [2.05, 4.69) is 91.6 Å². The molecule has 5 heteroatoms. The Labute approximate surface area is 206 Å². The highest BCUT2D eigenvalue weighted by Gasteiger charge is 2.15. The Hall–Kier alpha value is -3.70. The zero-order chi connectivity index (χ0) is 23.7. The van der Waals surface area contributed by atoms with Gasteiger partial charge >= 0.3 is 0 Å². The molecule has 168 valence electrons. The van der Waals surface area contributed by atoms with Crippen molar-refractivity contribution in [3.8, 4) is 11.4 Å². The number of aromatic amines is 2. The molecule has 0 unspecified atom stereocenters. The Balaban J connectivity index is 0.000000439. The van der Waals surface area contributed by atoms with E-state index in [9.17, 15) is 0 Å². The second-order valence-electron chi connectivity index (χ2n) is 8.10. The number of fused-ring (bicyclic) bond motifs is 7. The van der Waals surface area contributed by atoms with Crippen LogP contribution in [0.3, 0.4) is 0 Å². The smallest absolute Gasteiger partial charge is 0.140 e. The van der Waals surface area contributed by atoms with Crippen LogP contribution in [0, 0.1) is 0 Å². The molecular weight excluding hydrogens is 484 g/mol. The summed E-state index contributed by atoms with van der Waals surface area (Å²) in [7, 11) is 0. The highest BCUT2D eigenvalue weighted by molar-refractivity contribution is 9.11. The number of aromatic nitrogens is 3. The molecule has 0 aliphatic rings. The number of allylic oxidation sites excluding steroid dienone is 2. The van der Waals surface area contributed by atoms with Crippen molar-refractivity contribution in [3.63, 3.8) is 0 Å². The minimum atomic E-state index is 0.880. The number of para-hydroxylation sites is 1. The molecule has 0 aliphatic heterocycles. The van der Waals surface area contributed by atoms with Crippen molar-refractivity contribution in [1.82, 2.24) is 15.0 Å². The van der Waals surface area contributed by atoms with Gasteiger partial charge in [0.25, 0.3) is 0 Å². The maximum atomic E-state index is 5.04. The molecule has 4 aromatic carbocycles. The normalized spacial score (nSPS) is 12.2. The van der Waals surface area contributed by atoms with Crippen LogP contribution in [-0.4, -0.2) is 21.2 Å². The van der Waals surface area contributed by atoms with Gasteiger partial charge in [0.05, 0.1) is 16.7 Å². The lowest BCUT2D eigenvalue weighted by Gasteiger charge is -2.06. The molecule has 2 N–H and O–H groups in total. The Bertz CT molecular complexity index is 1700. The summed E-state index contributed by atoms with van der Waals surface area (Å²) in [5.74, 6) is 0.880. The predicted molar refractivity (Wildman–Crippen MR) is 151 cm³/mol. The van der Waals surface area contributed by atoms with E-state index >= 15 is 0 Å². The Morgan fingerprint density at radius 1 is 0.882 bits per heavy atom. The van der Waals surface area contributed by atoms with Crippen LogP contribution >= 0.6 is 15.9 Å². The summed E-state index contributed by atoms with van der Waals surface area (Å²) < 4.78 is 1.19. The molecule has 34 heavy (non-hydrogen) atoms. The monoisotopic (exact) mass is 508 g/mol. The molecule has 0 fully saturated rings. The quantitative estimate of drug-likeness (QED) is 0.178. The molecule has 0 saturated heterocycles. The molecule has 0 saturated carbocycles. The highest BCUT2D eigenvalue weighted by atomic mass is 79.9. The summed E-state index contributed by atoms with van der Waals surface area (Å²) in [6.45, 7) is 5.93. The number of aliphatic imine (C=N–C) groups is 1. The maximum Gasteiger partial charge on any atom is 0.140 e. The first-order chi connectivity index (χ1) is 16.6. The van der Waals surface area contributed by atoms with Gasteiger partial charge in [0.15, 0.2) is 0 Å². The van der Waals surface area contributed by atoms with E-state index in [4.69, 9.17) is 4.98 Å². The fraction of sp³-hybridized carbons (Fsp3) is 0.103. The van der Waals surface area contributed by atoms with Crippen LogP contribution in [0.2, 0.25) is 0 Å². The number of hydrogen-bond acceptors (Lipinski definition) is 2. The number of benzene rings is 4. The van der Waals surface area contributed by atoms with Crippen molar-refractivity contribution < 1.29 is 0 Å². The molecule has 0 amide bonds. The third-order valence-electron chi connectivity index (χ3n) is 5.97. The summed E-state index contributed by atoms with van der Waals surface area (Å²) >= 11 is 3.23. The van der Waals surface area contributed by atoms with Gasteiger partial charge in [-0.2, -0.15) is 0 Å². The zero-order valence-corrected chi connectivity index (χ0v) is 20.9. The van der Waals surface area contributed by atoms with Crippen LogP contribution in [0.4, 0.5) is 5.69 Å². The number of imidazole rings is 1. The van der Waals surface area contributed by atoms with E-state index in [1.807, 2.05) is 45.3 Å². The van der Waals surface area contributed by atoms with Gasteiger partial charge in [-0.1, -0.05) is 70.5 Å². The van der Waals surface area contributed by atoms with Gasteiger partial charge in [-0.3, -0.25) is 4.99 Å². The van der Waals surface area contributed by atoms with Crippen molar-refractivity contribution in [2.45, 2.75) is 20.8 Å². The number of hydrogen-bond donors (Lipinski definition) is 2. The highest BCUT2D eigenvalue weighted by Crippen LogP contribution is 2.37. The molecule has 0 atom stereocenters. The SMILES string of the molecule is C/C=C(\C)Br.CC=Nc1ccc2c(c1)c1ccccc1c1nc(-c3c[nH]c4ccccc34)[nH]c21. The van der Waals surface area contributed by atoms with Crippen molar-refractivity contribution in [1.29, 1.82) is 0 Å². The average Bonchev–Trinajstić information content (AvgIpc) is 3.49. The van der Waals surface area contributed by atoms with Crippen molar-refractivity contribution in [3.05, 3.63) is 83.5 Å². The third-order valence-corrected chi connectivity index (χ3v) is 6.43. The van der Waals surface area contributed by atoms with Gasteiger partial charge in [-0.05, 0) is 54.2 Å². The van der Waals surface area contributed by atoms with Crippen LogP contribution in [0.5, 0.6) is 0 Å². The van der Waals surface area contributed by atoms with Gasteiger partial charge in [0, 0.05) is 39.7 Å². The number of H-pyrrole nitrogens is 2. The first-order valence-electron chi connectivity index (χ1n) is 11.3. The fourth-order valence-electron chi connectivity index (χ4n) is 4.28. The van der Waals surface area contributed by atoms with Crippen LogP contribution in [-0.2, 0) is 0 Å². The number of halogens is 1. The van der Waals surface area contributed by atoms with Crippen molar-refractivity contribution >= 4 is 71.3 Å². The first kappa shape index (κ1) is 22.1. The van der Waals surface area contributed by atoms with E-state index in [1.165, 1.54) is 20.6 Å². The van der Waals surface area contributed by atoms with Crippen LogP contribution in [0.25, 0.3) is 54.9 Å². The first-order valence-corrected chi connectivity index (χ1v) is 12.1. The third kappa shape index (κ3) is 3.93. The molecular formula is C29H25BrN4. The van der Waals surface area contributed by atoms with Gasteiger partial charge in [0.2, 0.25) is 0 Å². The molecule has 6 rings (SSSR count). The van der Waals surface area contributed by atoms with Crippen LogP contribution in [0.15, 0.2) is 88.5 Å². The Kier molecular flexibility index (Phi) is 6.03. The number of nitrogens with zero attached hydrogens (tertiary/aromatic N) is 2. The average molecular weight is 509 g/mol. The van der Waals surface area contributed by atoms with E-state index < -0.39 is 0 Å². The lowest BCUT2D eigenvalue weighted by Crippen LogP contribution is -1.82. The topological polar surface area (TPSA) is 56.8 Å². The summed E-state index contributed by atoms with van der Waals surface area (Å²) in [4.78, 5) is 16.5. The van der Waals surface area contributed by atoms with Crippen molar-refractivity contribution in [2.24, 2.45) is 4.99 Å². The lowest BCUT2D eigenvalue weighted by molar-refractivity contribution is 1.34. The molecule has 0 aliphatic carbocycles. The summed E-state index contributed by atoms with van der Waals surface area (Å²) in [5, 5.41) is 5.85. The van der Waals surface area contributed by atoms with E-state index in [-0.39, 0.29) is 0 Å².